The van der Waals surface area contributed by atoms with Gasteiger partial charge in [0.15, 0.2) is 11.6 Å². The van der Waals surface area contributed by atoms with Crippen LogP contribution in [0.1, 0.15) is 25.5 Å². The zero-order chi connectivity index (χ0) is 15.2. The number of rotatable bonds is 6. The van der Waals surface area contributed by atoms with Crippen LogP contribution in [-0.4, -0.2) is 17.7 Å². The smallest absolute Gasteiger partial charge is 0.165 e. The van der Waals surface area contributed by atoms with Crippen LogP contribution in [0.15, 0.2) is 48.5 Å². The van der Waals surface area contributed by atoms with Gasteiger partial charge in [0.05, 0.1) is 6.10 Å². The molecule has 2 aromatic rings. The molecule has 0 radical (unpaired) electrons. The van der Waals surface area contributed by atoms with Crippen LogP contribution in [0.25, 0.3) is 0 Å². The second kappa shape index (κ2) is 7.20. The molecule has 0 aromatic heterocycles. The van der Waals surface area contributed by atoms with E-state index in [1.165, 1.54) is 12.1 Å². The van der Waals surface area contributed by atoms with E-state index in [2.05, 4.69) is 5.32 Å². The fraction of sp³-hybridized carbons (Fsp3) is 0.294. The molecule has 0 fully saturated rings. The standard InChI is InChI=1S/C17H20FNO2/c1-12(2)19-11-16(20)13-8-9-15(18)17(10-13)21-14-6-4-3-5-7-14/h3-10,12,16,19-20H,11H2,1-2H3. The Hall–Kier alpha value is -1.91. The van der Waals surface area contributed by atoms with Crippen LogP contribution < -0.4 is 10.1 Å². The quantitative estimate of drug-likeness (QED) is 0.853. The average molecular weight is 289 g/mol. The van der Waals surface area contributed by atoms with E-state index in [9.17, 15) is 9.50 Å². The summed E-state index contributed by atoms with van der Waals surface area (Å²) in [5, 5.41) is 13.3. The second-order valence-corrected chi connectivity index (χ2v) is 5.18. The molecule has 0 heterocycles. The highest BCUT2D eigenvalue weighted by Gasteiger charge is 2.12. The molecule has 112 valence electrons. The predicted molar refractivity (Wildman–Crippen MR) is 81.0 cm³/mol. The number of halogens is 1. The topological polar surface area (TPSA) is 41.5 Å². The lowest BCUT2D eigenvalue weighted by Crippen LogP contribution is -2.27. The molecule has 1 atom stereocenters. The molecule has 2 aromatic carbocycles. The minimum Gasteiger partial charge on any atom is -0.454 e. The number of aliphatic hydroxyl groups is 1. The highest BCUT2D eigenvalue weighted by Crippen LogP contribution is 2.27. The Morgan fingerprint density at radius 2 is 1.86 bits per heavy atom. The summed E-state index contributed by atoms with van der Waals surface area (Å²) in [4.78, 5) is 0. The molecule has 0 spiro atoms. The van der Waals surface area contributed by atoms with Crippen LogP contribution in [0.3, 0.4) is 0 Å². The third-order valence-electron chi connectivity index (χ3n) is 3.03. The molecule has 2 N–H and O–H groups in total. The number of benzene rings is 2. The lowest BCUT2D eigenvalue weighted by atomic mass is 10.1. The number of para-hydroxylation sites is 1. The Morgan fingerprint density at radius 1 is 1.14 bits per heavy atom. The van der Waals surface area contributed by atoms with Gasteiger partial charge in [0.1, 0.15) is 5.75 Å². The Labute approximate surface area is 124 Å². The highest BCUT2D eigenvalue weighted by atomic mass is 19.1. The van der Waals surface area contributed by atoms with E-state index in [0.29, 0.717) is 17.9 Å². The van der Waals surface area contributed by atoms with Crippen LogP contribution in [0.2, 0.25) is 0 Å². The molecular weight excluding hydrogens is 269 g/mol. The zero-order valence-corrected chi connectivity index (χ0v) is 12.2. The first kappa shape index (κ1) is 15.5. The Kier molecular flexibility index (Phi) is 5.31. The fourth-order valence-electron chi connectivity index (χ4n) is 1.89. The van der Waals surface area contributed by atoms with E-state index >= 15 is 0 Å². The van der Waals surface area contributed by atoms with Gasteiger partial charge in [-0.3, -0.25) is 0 Å². The highest BCUT2D eigenvalue weighted by molar-refractivity contribution is 5.36. The van der Waals surface area contributed by atoms with E-state index in [0.717, 1.165) is 0 Å². The number of hydrogen-bond donors (Lipinski definition) is 2. The Balaban J connectivity index is 2.13. The van der Waals surface area contributed by atoms with Crippen LogP contribution >= 0.6 is 0 Å². The van der Waals surface area contributed by atoms with Crippen molar-refractivity contribution in [2.75, 3.05) is 6.54 Å². The lowest BCUT2D eigenvalue weighted by Gasteiger charge is -2.16. The number of nitrogens with one attached hydrogen (secondary N) is 1. The summed E-state index contributed by atoms with van der Waals surface area (Å²) < 4.78 is 19.3. The largest absolute Gasteiger partial charge is 0.454 e. The fourth-order valence-corrected chi connectivity index (χ4v) is 1.89. The number of aliphatic hydroxyl groups excluding tert-OH is 1. The summed E-state index contributed by atoms with van der Waals surface area (Å²) in [5.41, 5.74) is 0.621. The summed E-state index contributed by atoms with van der Waals surface area (Å²) in [5.74, 6) is 0.220. The van der Waals surface area contributed by atoms with Gasteiger partial charge in [-0.2, -0.15) is 0 Å². The third-order valence-corrected chi connectivity index (χ3v) is 3.03. The molecule has 0 saturated carbocycles. The summed E-state index contributed by atoms with van der Waals surface area (Å²) in [6.07, 6.45) is -0.703. The first-order chi connectivity index (χ1) is 10.1. The normalized spacial score (nSPS) is 12.4. The molecule has 0 bridgehead atoms. The van der Waals surface area contributed by atoms with Crippen LogP contribution in [-0.2, 0) is 0 Å². The SMILES string of the molecule is CC(C)NCC(O)c1ccc(F)c(Oc2ccccc2)c1. The molecule has 21 heavy (non-hydrogen) atoms. The first-order valence-electron chi connectivity index (χ1n) is 7.00. The summed E-state index contributed by atoms with van der Waals surface area (Å²) in [6.45, 7) is 4.41. The van der Waals surface area contributed by atoms with Gasteiger partial charge in [-0.1, -0.05) is 38.1 Å². The van der Waals surface area contributed by atoms with Crippen molar-refractivity contribution >= 4 is 0 Å². The Morgan fingerprint density at radius 3 is 2.52 bits per heavy atom. The molecule has 2 rings (SSSR count). The van der Waals surface area contributed by atoms with Crippen molar-refractivity contribution in [3.8, 4) is 11.5 Å². The number of ether oxygens (including phenoxy) is 1. The van der Waals surface area contributed by atoms with Crippen molar-refractivity contribution in [1.29, 1.82) is 0 Å². The van der Waals surface area contributed by atoms with Crippen molar-refractivity contribution in [2.24, 2.45) is 0 Å². The van der Waals surface area contributed by atoms with Crippen LogP contribution in [0, 0.1) is 5.82 Å². The molecule has 4 heteroatoms. The minimum absolute atomic E-state index is 0.113. The van der Waals surface area contributed by atoms with Gasteiger partial charge < -0.3 is 15.2 Å². The molecule has 0 aliphatic heterocycles. The number of hydrogen-bond acceptors (Lipinski definition) is 3. The maximum Gasteiger partial charge on any atom is 0.165 e. The summed E-state index contributed by atoms with van der Waals surface area (Å²) >= 11 is 0. The molecule has 1 unspecified atom stereocenters. The van der Waals surface area contributed by atoms with Crippen LogP contribution in [0.5, 0.6) is 11.5 Å². The third kappa shape index (κ3) is 4.55. The monoisotopic (exact) mass is 289 g/mol. The average Bonchev–Trinajstić information content (AvgIpc) is 2.48. The van der Waals surface area contributed by atoms with Crippen LogP contribution in [0.4, 0.5) is 4.39 Å². The maximum atomic E-state index is 13.8. The molecule has 0 amide bonds. The molecule has 3 nitrogen and oxygen atoms in total. The maximum absolute atomic E-state index is 13.8. The minimum atomic E-state index is -0.703. The predicted octanol–water partition coefficient (Wildman–Crippen LogP) is 3.65. The van der Waals surface area contributed by atoms with E-state index in [-0.39, 0.29) is 11.8 Å². The second-order valence-electron chi connectivity index (χ2n) is 5.18. The van der Waals surface area contributed by atoms with E-state index in [4.69, 9.17) is 4.74 Å². The van der Waals surface area contributed by atoms with E-state index < -0.39 is 11.9 Å². The van der Waals surface area contributed by atoms with Crippen molar-refractivity contribution in [3.05, 3.63) is 59.9 Å². The molecule has 0 aliphatic carbocycles. The van der Waals surface area contributed by atoms with Crippen molar-refractivity contribution in [1.82, 2.24) is 5.32 Å². The van der Waals surface area contributed by atoms with Crippen molar-refractivity contribution in [3.63, 3.8) is 0 Å². The van der Waals surface area contributed by atoms with Gasteiger partial charge in [0.25, 0.3) is 0 Å². The van der Waals surface area contributed by atoms with Gasteiger partial charge >= 0.3 is 0 Å². The van der Waals surface area contributed by atoms with Gasteiger partial charge in [-0.15, -0.1) is 0 Å². The first-order valence-corrected chi connectivity index (χ1v) is 7.00. The Bertz CT molecular complexity index is 572. The lowest BCUT2D eigenvalue weighted by molar-refractivity contribution is 0.171. The van der Waals surface area contributed by atoms with Gasteiger partial charge in [0, 0.05) is 12.6 Å². The summed E-state index contributed by atoms with van der Waals surface area (Å²) in [7, 11) is 0. The molecular formula is C17H20FNO2. The summed E-state index contributed by atoms with van der Waals surface area (Å²) in [6, 6.07) is 13.7. The zero-order valence-electron chi connectivity index (χ0n) is 12.2. The molecule has 0 saturated heterocycles. The van der Waals surface area contributed by atoms with Gasteiger partial charge in [-0.05, 0) is 29.8 Å². The van der Waals surface area contributed by atoms with Gasteiger partial charge in [-0.25, -0.2) is 4.39 Å². The molecule has 0 aliphatic rings. The van der Waals surface area contributed by atoms with Crippen molar-refractivity contribution in [2.45, 2.75) is 26.0 Å². The van der Waals surface area contributed by atoms with E-state index in [1.807, 2.05) is 32.0 Å². The van der Waals surface area contributed by atoms with E-state index in [1.54, 1.807) is 18.2 Å². The van der Waals surface area contributed by atoms with Gasteiger partial charge in [0.2, 0.25) is 0 Å². The van der Waals surface area contributed by atoms with Crippen molar-refractivity contribution < 1.29 is 14.2 Å².